The summed E-state index contributed by atoms with van der Waals surface area (Å²) in [4.78, 5) is 27.3. The van der Waals surface area contributed by atoms with E-state index in [-0.39, 0.29) is 16.7 Å². The number of ether oxygens (including phenoxy) is 1. The number of aromatic amines is 1. The molecule has 0 amide bonds. The molecule has 4 fully saturated rings. The van der Waals surface area contributed by atoms with E-state index in [1.54, 1.807) is 0 Å². The SMILES string of the molecule is O=C1CCCN2[C@@H]3[C@@]45CN6CCCC/C=C\CC[C@@]3(C=C(c3nccc7c3[nH]c3ccccc37)C4CC6)O[C@@]2(CC1)C5. The van der Waals surface area contributed by atoms with E-state index in [4.69, 9.17) is 9.72 Å². The summed E-state index contributed by atoms with van der Waals surface area (Å²) in [5.74, 6) is 0.850. The molecule has 2 aromatic heterocycles. The van der Waals surface area contributed by atoms with Crippen LogP contribution >= 0.6 is 0 Å². The Morgan fingerprint density at radius 3 is 2.86 bits per heavy atom. The van der Waals surface area contributed by atoms with Crippen LogP contribution in [-0.2, 0) is 9.53 Å². The van der Waals surface area contributed by atoms with E-state index < -0.39 is 0 Å². The number of piperidine rings is 1. The maximum atomic E-state index is 12.8. The lowest BCUT2D eigenvalue weighted by Gasteiger charge is -2.59. The standard InChI is InChI=1S/C36H42N4O2/c41-25-10-9-20-40-33-34-23-36(40,17-13-25)42-35(33)16-7-3-1-2-4-8-19-39(24-34)21-15-29(34)28(22-35)31-32-27(14-18-37-31)26-11-5-6-12-30(26)38-32/h1,3,5-6,11-12,14,18,22,29,33,38H,2,4,7-10,13,15-17,19-21,23-24H2/b3-1-/t29?,33-,34+,35+,36+/m1/s1. The summed E-state index contributed by atoms with van der Waals surface area (Å²) in [5.41, 5.74) is 4.28. The Morgan fingerprint density at radius 2 is 1.88 bits per heavy atom. The average molecular weight is 563 g/mol. The van der Waals surface area contributed by atoms with Crippen LogP contribution in [0, 0.1) is 11.3 Å². The molecule has 2 unspecified atom stereocenters. The van der Waals surface area contributed by atoms with Crippen LogP contribution in [0.2, 0.25) is 0 Å². The molecule has 6 aliphatic rings. The second-order valence-electron chi connectivity index (χ2n) is 14.1. The number of benzene rings is 1. The van der Waals surface area contributed by atoms with Crippen molar-refractivity contribution >= 4 is 33.2 Å². The zero-order valence-electron chi connectivity index (χ0n) is 24.6. The second kappa shape index (κ2) is 9.35. The molecule has 218 valence electrons. The molecule has 1 N–H and O–H groups in total. The number of aromatic nitrogens is 2. The summed E-state index contributed by atoms with van der Waals surface area (Å²) in [6, 6.07) is 11.2. The molecule has 6 heteroatoms. The van der Waals surface area contributed by atoms with Crippen LogP contribution in [0.1, 0.15) is 76.3 Å². The fraction of sp³-hybridized carbons (Fsp3) is 0.556. The molecule has 5 aliphatic heterocycles. The predicted octanol–water partition coefficient (Wildman–Crippen LogP) is 6.62. The predicted molar refractivity (Wildman–Crippen MR) is 166 cm³/mol. The fourth-order valence-electron chi connectivity index (χ4n) is 10.5. The van der Waals surface area contributed by atoms with Crippen molar-refractivity contribution in [3.63, 3.8) is 0 Å². The van der Waals surface area contributed by atoms with Crippen molar-refractivity contribution in [1.82, 2.24) is 19.8 Å². The number of carbonyl (C=O) groups excluding carboxylic acids is 1. The van der Waals surface area contributed by atoms with Crippen molar-refractivity contribution in [3.8, 4) is 0 Å². The number of nitrogens with one attached hydrogen (secondary N) is 1. The molecule has 6 atom stereocenters. The van der Waals surface area contributed by atoms with Crippen molar-refractivity contribution in [2.24, 2.45) is 11.3 Å². The summed E-state index contributed by atoms with van der Waals surface area (Å²) in [5, 5.41) is 2.52. The minimum Gasteiger partial charge on any atom is -0.353 e. The van der Waals surface area contributed by atoms with Gasteiger partial charge in [0.1, 0.15) is 17.1 Å². The summed E-state index contributed by atoms with van der Waals surface area (Å²) >= 11 is 0. The van der Waals surface area contributed by atoms with Crippen LogP contribution in [0.25, 0.3) is 27.4 Å². The van der Waals surface area contributed by atoms with E-state index in [9.17, 15) is 4.79 Å². The molecule has 6 nitrogen and oxygen atoms in total. The number of fused-ring (bicyclic) bond motifs is 4. The van der Waals surface area contributed by atoms with E-state index in [2.05, 4.69) is 63.3 Å². The van der Waals surface area contributed by atoms with Gasteiger partial charge >= 0.3 is 0 Å². The van der Waals surface area contributed by atoms with Crippen LogP contribution in [-0.4, -0.2) is 69.1 Å². The first-order valence-electron chi connectivity index (χ1n) is 16.6. The Morgan fingerprint density at radius 1 is 0.952 bits per heavy atom. The Hall–Kier alpha value is -2.80. The smallest absolute Gasteiger partial charge is 0.133 e. The van der Waals surface area contributed by atoms with Crippen molar-refractivity contribution in [3.05, 3.63) is 60.5 Å². The molecule has 7 heterocycles. The zero-order chi connectivity index (χ0) is 27.9. The van der Waals surface area contributed by atoms with Crippen molar-refractivity contribution in [1.29, 1.82) is 0 Å². The number of carbonyl (C=O) groups is 1. The van der Waals surface area contributed by atoms with Gasteiger partial charge in [0.15, 0.2) is 0 Å². The Balaban J connectivity index is 1.27. The number of pyridine rings is 1. The third-order valence-electron chi connectivity index (χ3n) is 11.9. The molecule has 9 rings (SSSR count). The molecule has 5 bridgehead atoms. The van der Waals surface area contributed by atoms with Gasteiger partial charge in [0, 0.05) is 53.8 Å². The molecular formula is C36H42N4O2. The summed E-state index contributed by atoms with van der Waals surface area (Å²) in [7, 11) is 0. The van der Waals surface area contributed by atoms with E-state index in [1.165, 1.54) is 47.7 Å². The van der Waals surface area contributed by atoms with Gasteiger partial charge in [0.05, 0.1) is 17.3 Å². The summed E-state index contributed by atoms with van der Waals surface area (Å²) < 4.78 is 7.53. The molecular weight excluding hydrogens is 520 g/mol. The van der Waals surface area contributed by atoms with Gasteiger partial charge in [-0.1, -0.05) is 30.4 Å². The van der Waals surface area contributed by atoms with Crippen LogP contribution in [0.15, 0.2) is 54.8 Å². The Kier molecular flexibility index (Phi) is 5.71. The monoisotopic (exact) mass is 562 g/mol. The molecule has 0 radical (unpaired) electrons. The van der Waals surface area contributed by atoms with E-state index in [0.29, 0.717) is 30.6 Å². The van der Waals surface area contributed by atoms with Crippen molar-refractivity contribution in [2.45, 2.75) is 88.0 Å². The van der Waals surface area contributed by atoms with Gasteiger partial charge in [0.25, 0.3) is 0 Å². The number of Topliss-reactive ketones (excluding diaryl/α,β-unsaturated/α-hetero) is 1. The lowest BCUT2D eigenvalue weighted by atomic mass is 9.53. The Bertz CT molecular complexity index is 1640. The van der Waals surface area contributed by atoms with Gasteiger partial charge < -0.3 is 14.6 Å². The number of rotatable bonds is 1. The third-order valence-corrected chi connectivity index (χ3v) is 11.9. The third kappa shape index (κ3) is 3.55. The largest absolute Gasteiger partial charge is 0.353 e. The number of H-pyrrole nitrogens is 1. The van der Waals surface area contributed by atoms with Crippen LogP contribution in [0.4, 0.5) is 0 Å². The minimum atomic E-state index is -0.366. The van der Waals surface area contributed by atoms with Crippen LogP contribution in [0.3, 0.4) is 0 Å². The maximum Gasteiger partial charge on any atom is 0.133 e. The first kappa shape index (κ1) is 25.7. The number of hydrogen-bond donors (Lipinski definition) is 1. The first-order chi connectivity index (χ1) is 20.6. The van der Waals surface area contributed by atoms with Gasteiger partial charge in [-0.15, -0.1) is 0 Å². The number of para-hydroxylation sites is 1. The minimum absolute atomic E-state index is 0.0988. The lowest BCUT2D eigenvalue weighted by Crippen LogP contribution is -2.65. The number of hydrogen-bond acceptors (Lipinski definition) is 5. The molecule has 0 saturated carbocycles. The summed E-state index contributed by atoms with van der Waals surface area (Å²) in [6.07, 6.45) is 20.5. The fourth-order valence-corrected chi connectivity index (χ4v) is 10.5. The van der Waals surface area contributed by atoms with Crippen molar-refractivity contribution in [2.75, 3.05) is 26.2 Å². The molecule has 42 heavy (non-hydrogen) atoms. The molecule has 1 spiro atoms. The molecule has 1 aliphatic carbocycles. The molecule has 1 aromatic carbocycles. The quantitative estimate of drug-likeness (QED) is 0.338. The van der Waals surface area contributed by atoms with E-state index >= 15 is 0 Å². The Labute approximate surface area is 248 Å². The van der Waals surface area contributed by atoms with E-state index in [0.717, 1.165) is 69.4 Å². The van der Waals surface area contributed by atoms with Gasteiger partial charge in [-0.05, 0) is 101 Å². The first-order valence-corrected chi connectivity index (χ1v) is 16.6. The topological polar surface area (TPSA) is 61.5 Å². The zero-order valence-corrected chi connectivity index (χ0v) is 24.6. The van der Waals surface area contributed by atoms with Crippen molar-refractivity contribution < 1.29 is 9.53 Å². The highest BCUT2D eigenvalue weighted by Gasteiger charge is 2.77. The highest BCUT2D eigenvalue weighted by molar-refractivity contribution is 6.09. The average Bonchev–Trinajstić information content (AvgIpc) is 3.58. The van der Waals surface area contributed by atoms with Crippen LogP contribution < -0.4 is 0 Å². The second-order valence-corrected chi connectivity index (χ2v) is 14.1. The number of nitrogens with zero attached hydrogens (tertiary/aromatic N) is 3. The van der Waals surface area contributed by atoms with E-state index in [1.807, 2.05) is 6.20 Å². The van der Waals surface area contributed by atoms with Gasteiger partial charge in [0.2, 0.25) is 0 Å². The molecule has 3 aromatic rings. The van der Waals surface area contributed by atoms with Gasteiger partial charge in [-0.3, -0.25) is 14.7 Å². The summed E-state index contributed by atoms with van der Waals surface area (Å²) in [6.45, 7) is 4.44. The normalized spacial score (nSPS) is 39.2. The van der Waals surface area contributed by atoms with Gasteiger partial charge in [-0.25, -0.2) is 0 Å². The highest BCUT2D eigenvalue weighted by atomic mass is 16.6. The number of ketones is 1. The number of allylic oxidation sites excluding steroid dienone is 3. The van der Waals surface area contributed by atoms with Gasteiger partial charge in [-0.2, -0.15) is 0 Å². The van der Waals surface area contributed by atoms with Crippen LogP contribution in [0.5, 0.6) is 0 Å². The maximum absolute atomic E-state index is 12.8. The molecule has 4 saturated heterocycles. The highest BCUT2D eigenvalue weighted by Crippen LogP contribution is 2.70. The lowest BCUT2D eigenvalue weighted by molar-refractivity contribution is -0.180.